The maximum Gasteiger partial charge on any atom is 0.227 e. The molecule has 27 heavy (non-hydrogen) atoms. The predicted molar refractivity (Wildman–Crippen MR) is 114 cm³/mol. The molecule has 1 aromatic carbocycles. The van der Waals surface area contributed by atoms with E-state index in [9.17, 15) is 9.90 Å². The molecule has 0 saturated heterocycles. The van der Waals surface area contributed by atoms with Crippen LogP contribution in [0.2, 0.25) is 0 Å². The maximum atomic E-state index is 12.8. The standard InChI is InChI=1S/C20H23IN4O2/c1-5-24(6-2)18(27)11-15-19(14-7-8-17(26)16(21)10-14)23-25-13(4)9-12(3)22-20(15)25/h7-10,26H,5-6,11H2,1-4H3. The van der Waals surface area contributed by atoms with Gasteiger partial charge < -0.3 is 10.0 Å². The fourth-order valence-electron chi connectivity index (χ4n) is 3.25. The van der Waals surface area contributed by atoms with Gasteiger partial charge in [-0.25, -0.2) is 9.50 Å². The number of phenolic OH excluding ortho intramolecular Hbond substituents is 1. The van der Waals surface area contributed by atoms with E-state index in [2.05, 4.69) is 27.6 Å². The van der Waals surface area contributed by atoms with Gasteiger partial charge in [-0.15, -0.1) is 0 Å². The van der Waals surface area contributed by atoms with Gasteiger partial charge in [-0.1, -0.05) is 0 Å². The van der Waals surface area contributed by atoms with Gasteiger partial charge in [0, 0.05) is 35.6 Å². The minimum atomic E-state index is 0.0607. The molecule has 142 valence electrons. The predicted octanol–water partition coefficient (Wildman–Crippen LogP) is 3.73. The number of amides is 1. The Morgan fingerprint density at radius 1 is 1.22 bits per heavy atom. The zero-order valence-corrected chi connectivity index (χ0v) is 18.1. The normalized spacial score (nSPS) is 11.1. The molecular weight excluding hydrogens is 455 g/mol. The van der Waals surface area contributed by atoms with Crippen molar-refractivity contribution in [1.82, 2.24) is 19.5 Å². The Morgan fingerprint density at radius 3 is 2.56 bits per heavy atom. The second kappa shape index (κ2) is 7.84. The largest absolute Gasteiger partial charge is 0.507 e. The third kappa shape index (κ3) is 3.78. The molecule has 0 bridgehead atoms. The van der Waals surface area contributed by atoms with E-state index in [0.717, 1.165) is 31.8 Å². The van der Waals surface area contributed by atoms with E-state index < -0.39 is 0 Å². The number of benzene rings is 1. The number of nitrogens with zero attached hydrogens (tertiary/aromatic N) is 4. The lowest BCUT2D eigenvalue weighted by Crippen LogP contribution is -2.31. The summed E-state index contributed by atoms with van der Waals surface area (Å²) in [5.74, 6) is 0.291. The van der Waals surface area contributed by atoms with Crippen LogP contribution in [0.15, 0.2) is 24.3 Å². The molecular formula is C20H23IN4O2. The molecule has 7 heteroatoms. The first kappa shape index (κ1) is 19.6. The molecule has 1 N–H and O–H groups in total. The molecule has 6 nitrogen and oxygen atoms in total. The van der Waals surface area contributed by atoms with Crippen molar-refractivity contribution >= 4 is 34.1 Å². The lowest BCUT2D eigenvalue weighted by atomic mass is 10.0. The van der Waals surface area contributed by atoms with Crippen LogP contribution in [-0.4, -0.2) is 43.6 Å². The van der Waals surface area contributed by atoms with Crippen molar-refractivity contribution in [3.63, 3.8) is 0 Å². The Hall–Kier alpha value is -2.16. The van der Waals surface area contributed by atoms with Crippen molar-refractivity contribution in [1.29, 1.82) is 0 Å². The van der Waals surface area contributed by atoms with Crippen LogP contribution in [0.25, 0.3) is 16.9 Å². The number of aromatic nitrogens is 3. The van der Waals surface area contributed by atoms with E-state index in [1.165, 1.54) is 0 Å². The van der Waals surface area contributed by atoms with E-state index in [1.54, 1.807) is 10.6 Å². The van der Waals surface area contributed by atoms with Crippen LogP contribution in [0.5, 0.6) is 5.75 Å². The van der Waals surface area contributed by atoms with Crippen molar-refractivity contribution in [3.8, 4) is 17.0 Å². The number of likely N-dealkylation sites (N-methyl/N-ethyl adjacent to an activating group) is 1. The van der Waals surface area contributed by atoms with Crippen LogP contribution in [0.3, 0.4) is 0 Å². The van der Waals surface area contributed by atoms with E-state index >= 15 is 0 Å². The van der Waals surface area contributed by atoms with Gasteiger partial charge in [0.05, 0.1) is 15.7 Å². The highest BCUT2D eigenvalue weighted by Crippen LogP contribution is 2.31. The average molecular weight is 478 g/mol. The summed E-state index contributed by atoms with van der Waals surface area (Å²) >= 11 is 2.09. The second-order valence-corrected chi connectivity index (χ2v) is 7.67. The van der Waals surface area contributed by atoms with Gasteiger partial charge in [0.25, 0.3) is 0 Å². The first-order valence-corrected chi connectivity index (χ1v) is 10.1. The molecule has 0 radical (unpaired) electrons. The highest BCUT2D eigenvalue weighted by Gasteiger charge is 2.22. The smallest absolute Gasteiger partial charge is 0.227 e. The summed E-state index contributed by atoms with van der Waals surface area (Å²) in [6.45, 7) is 9.23. The number of hydrogen-bond acceptors (Lipinski definition) is 4. The van der Waals surface area contributed by atoms with Crippen LogP contribution >= 0.6 is 22.6 Å². The van der Waals surface area contributed by atoms with Crippen molar-refractivity contribution in [3.05, 3.63) is 44.8 Å². The van der Waals surface area contributed by atoms with E-state index in [-0.39, 0.29) is 18.1 Å². The summed E-state index contributed by atoms with van der Waals surface area (Å²) < 4.78 is 2.54. The Balaban J connectivity index is 2.21. The van der Waals surface area contributed by atoms with Gasteiger partial charge in [-0.3, -0.25) is 4.79 Å². The fourth-order valence-corrected chi connectivity index (χ4v) is 3.77. The summed E-state index contributed by atoms with van der Waals surface area (Å²) in [5.41, 5.74) is 4.99. The molecule has 1 amide bonds. The monoisotopic (exact) mass is 478 g/mol. The van der Waals surface area contributed by atoms with Crippen LogP contribution in [0.1, 0.15) is 30.8 Å². The number of rotatable bonds is 5. The SMILES string of the molecule is CCN(CC)C(=O)Cc1c(-c2ccc(O)c(I)c2)nn2c(C)cc(C)nc12. The Bertz CT molecular complexity index is 1010. The Morgan fingerprint density at radius 2 is 1.93 bits per heavy atom. The van der Waals surface area contributed by atoms with Crippen molar-refractivity contribution < 1.29 is 9.90 Å². The quantitative estimate of drug-likeness (QED) is 0.568. The van der Waals surface area contributed by atoms with Crippen molar-refractivity contribution in [2.45, 2.75) is 34.1 Å². The minimum absolute atomic E-state index is 0.0607. The van der Waals surface area contributed by atoms with E-state index in [1.807, 2.05) is 50.8 Å². The van der Waals surface area contributed by atoms with E-state index in [4.69, 9.17) is 5.10 Å². The molecule has 0 saturated carbocycles. The number of halogens is 1. The fraction of sp³-hybridized carbons (Fsp3) is 0.350. The van der Waals surface area contributed by atoms with Gasteiger partial charge >= 0.3 is 0 Å². The van der Waals surface area contributed by atoms with Crippen LogP contribution in [-0.2, 0) is 11.2 Å². The summed E-state index contributed by atoms with van der Waals surface area (Å²) in [7, 11) is 0. The van der Waals surface area contributed by atoms with Crippen LogP contribution in [0, 0.1) is 17.4 Å². The van der Waals surface area contributed by atoms with Gasteiger partial charge in [-0.05, 0) is 74.6 Å². The minimum Gasteiger partial charge on any atom is -0.507 e. The molecule has 0 aliphatic rings. The second-order valence-electron chi connectivity index (χ2n) is 6.51. The number of phenols is 1. The molecule has 2 aromatic heterocycles. The van der Waals surface area contributed by atoms with Crippen LogP contribution < -0.4 is 0 Å². The topological polar surface area (TPSA) is 70.7 Å². The molecule has 0 aliphatic heterocycles. The van der Waals surface area contributed by atoms with Gasteiger partial charge in [0.15, 0.2) is 5.65 Å². The summed E-state index contributed by atoms with van der Waals surface area (Å²) in [4.78, 5) is 19.3. The maximum absolute atomic E-state index is 12.8. The number of carbonyl (C=O) groups is 1. The average Bonchev–Trinajstić information content (AvgIpc) is 2.97. The molecule has 0 atom stereocenters. The number of hydrogen-bond donors (Lipinski definition) is 1. The molecule has 0 aliphatic carbocycles. The van der Waals surface area contributed by atoms with Crippen molar-refractivity contribution in [2.24, 2.45) is 0 Å². The number of aryl methyl sites for hydroxylation is 2. The molecule has 3 aromatic rings. The Kier molecular flexibility index (Phi) is 5.69. The lowest BCUT2D eigenvalue weighted by Gasteiger charge is -2.18. The zero-order valence-electron chi connectivity index (χ0n) is 16.0. The third-order valence-electron chi connectivity index (χ3n) is 4.66. The van der Waals surface area contributed by atoms with Gasteiger partial charge in [0.2, 0.25) is 5.91 Å². The molecule has 2 heterocycles. The number of fused-ring (bicyclic) bond motifs is 1. The van der Waals surface area contributed by atoms with Crippen LogP contribution in [0.4, 0.5) is 0 Å². The zero-order chi connectivity index (χ0) is 19.7. The van der Waals surface area contributed by atoms with Gasteiger partial charge in [0.1, 0.15) is 5.75 Å². The molecule has 0 spiro atoms. The van der Waals surface area contributed by atoms with Crippen molar-refractivity contribution in [2.75, 3.05) is 13.1 Å². The first-order chi connectivity index (χ1) is 12.8. The summed E-state index contributed by atoms with van der Waals surface area (Å²) in [6.07, 6.45) is 0.244. The van der Waals surface area contributed by atoms with E-state index in [0.29, 0.717) is 18.7 Å². The Labute approximate surface area is 172 Å². The number of carbonyl (C=O) groups excluding carboxylic acids is 1. The molecule has 0 unspecified atom stereocenters. The summed E-state index contributed by atoms with van der Waals surface area (Å²) in [5, 5.41) is 14.6. The lowest BCUT2D eigenvalue weighted by molar-refractivity contribution is -0.130. The summed E-state index contributed by atoms with van der Waals surface area (Å²) in [6, 6.07) is 7.33. The molecule has 3 rings (SSSR count). The van der Waals surface area contributed by atoms with Gasteiger partial charge in [-0.2, -0.15) is 5.10 Å². The third-order valence-corrected chi connectivity index (χ3v) is 5.52. The highest BCUT2D eigenvalue weighted by molar-refractivity contribution is 14.1. The number of aromatic hydroxyl groups is 1. The molecule has 0 fully saturated rings. The highest BCUT2D eigenvalue weighted by atomic mass is 127. The first-order valence-electron chi connectivity index (χ1n) is 8.98.